The van der Waals surface area contributed by atoms with Crippen LogP contribution in [0.5, 0.6) is 0 Å². The van der Waals surface area contributed by atoms with E-state index in [1.807, 2.05) is 0 Å². The van der Waals surface area contributed by atoms with E-state index in [2.05, 4.69) is 25.9 Å². The molecule has 1 atom stereocenters. The molecule has 3 amide bonds. The van der Waals surface area contributed by atoms with Gasteiger partial charge in [-0.3, -0.25) is 19.2 Å². The van der Waals surface area contributed by atoms with Crippen LogP contribution in [-0.2, 0) is 25.6 Å². The molecule has 11 nitrogen and oxygen atoms in total. The first-order valence-electron chi connectivity index (χ1n) is 6.65. The summed E-state index contributed by atoms with van der Waals surface area (Å²) in [4.78, 5) is 51.7. The lowest BCUT2D eigenvalue weighted by Gasteiger charge is -2.17. The Morgan fingerprint density at radius 2 is 1.96 bits per heavy atom. The molecular weight excluding hydrogens is 308 g/mol. The second kappa shape index (κ2) is 9.15. The second-order valence-electron chi connectivity index (χ2n) is 4.49. The molecule has 1 unspecified atom stereocenters. The Balaban J connectivity index is 2.55. The van der Waals surface area contributed by atoms with Crippen molar-refractivity contribution in [2.24, 2.45) is 5.73 Å². The van der Waals surface area contributed by atoms with Crippen molar-refractivity contribution in [2.45, 2.75) is 12.5 Å². The van der Waals surface area contributed by atoms with Crippen LogP contribution in [0.4, 0.5) is 0 Å². The van der Waals surface area contributed by atoms with Crippen LogP contribution in [0.1, 0.15) is 5.69 Å². The third-order valence-electron chi connectivity index (χ3n) is 2.68. The molecule has 1 heterocycles. The Labute approximate surface area is 131 Å². The van der Waals surface area contributed by atoms with E-state index in [0.29, 0.717) is 5.69 Å². The first-order valence-corrected chi connectivity index (χ1v) is 6.65. The zero-order chi connectivity index (χ0) is 17.2. The number of aromatic nitrogens is 2. The molecular formula is C12H18N6O5. The van der Waals surface area contributed by atoms with E-state index in [9.17, 15) is 19.2 Å². The predicted octanol–water partition coefficient (Wildman–Crippen LogP) is -3.29. The van der Waals surface area contributed by atoms with Crippen LogP contribution in [0.3, 0.4) is 0 Å². The van der Waals surface area contributed by atoms with Gasteiger partial charge in [0.25, 0.3) is 0 Å². The van der Waals surface area contributed by atoms with E-state index in [0.717, 1.165) is 0 Å². The molecule has 0 saturated carbocycles. The van der Waals surface area contributed by atoms with Gasteiger partial charge < -0.3 is 31.8 Å². The average Bonchev–Trinajstić information content (AvgIpc) is 3.02. The van der Waals surface area contributed by atoms with Crippen molar-refractivity contribution in [3.8, 4) is 0 Å². The molecule has 7 N–H and O–H groups in total. The third-order valence-corrected chi connectivity index (χ3v) is 2.68. The van der Waals surface area contributed by atoms with Gasteiger partial charge in [0.15, 0.2) is 0 Å². The number of carbonyl (C=O) groups excluding carboxylic acids is 3. The SMILES string of the molecule is NCC(=O)NC(Cc1cnc[nH]1)C(=O)NCC(=O)NCC(=O)O. The van der Waals surface area contributed by atoms with E-state index < -0.39 is 42.8 Å². The molecule has 0 aliphatic carbocycles. The number of hydrogen-bond acceptors (Lipinski definition) is 6. The van der Waals surface area contributed by atoms with E-state index in [-0.39, 0.29) is 13.0 Å². The fourth-order valence-electron chi connectivity index (χ4n) is 1.61. The molecule has 0 radical (unpaired) electrons. The maximum atomic E-state index is 12.1. The minimum Gasteiger partial charge on any atom is -0.480 e. The lowest BCUT2D eigenvalue weighted by molar-refractivity contribution is -0.138. The maximum absolute atomic E-state index is 12.1. The van der Waals surface area contributed by atoms with Crippen molar-refractivity contribution >= 4 is 23.7 Å². The summed E-state index contributed by atoms with van der Waals surface area (Å²) in [5.41, 5.74) is 5.81. The number of H-pyrrole nitrogens is 1. The fraction of sp³-hybridized carbons (Fsp3) is 0.417. The molecule has 1 rings (SSSR count). The van der Waals surface area contributed by atoms with Crippen molar-refractivity contribution in [2.75, 3.05) is 19.6 Å². The molecule has 0 saturated heterocycles. The van der Waals surface area contributed by atoms with Gasteiger partial charge in [-0.1, -0.05) is 0 Å². The van der Waals surface area contributed by atoms with E-state index >= 15 is 0 Å². The first kappa shape index (κ1) is 18.1. The van der Waals surface area contributed by atoms with Gasteiger partial charge in [-0.05, 0) is 0 Å². The number of carbonyl (C=O) groups is 4. The molecule has 0 spiro atoms. The Morgan fingerprint density at radius 1 is 1.22 bits per heavy atom. The average molecular weight is 326 g/mol. The third kappa shape index (κ3) is 7.04. The van der Waals surface area contributed by atoms with Crippen LogP contribution in [0.2, 0.25) is 0 Å². The molecule has 23 heavy (non-hydrogen) atoms. The number of amides is 3. The summed E-state index contributed by atoms with van der Waals surface area (Å²) in [6, 6.07) is -0.946. The smallest absolute Gasteiger partial charge is 0.322 e. The Kier molecular flexibility index (Phi) is 7.20. The van der Waals surface area contributed by atoms with Crippen LogP contribution in [0, 0.1) is 0 Å². The highest BCUT2D eigenvalue weighted by Crippen LogP contribution is 1.99. The van der Waals surface area contributed by atoms with Crippen molar-refractivity contribution in [3.05, 3.63) is 18.2 Å². The zero-order valence-electron chi connectivity index (χ0n) is 12.2. The van der Waals surface area contributed by atoms with Gasteiger partial charge >= 0.3 is 5.97 Å². The summed E-state index contributed by atoms with van der Waals surface area (Å²) in [7, 11) is 0. The van der Waals surface area contributed by atoms with Gasteiger partial charge in [0.1, 0.15) is 12.6 Å². The predicted molar refractivity (Wildman–Crippen MR) is 76.9 cm³/mol. The van der Waals surface area contributed by atoms with Crippen LogP contribution in [-0.4, -0.2) is 64.4 Å². The number of nitrogens with two attached hydrogens (primary N) is 1. The van der Waals surface area contributed by atoms with Crippen molar-refractivity contribution in [3.63, 3.8) is 0 Å². The van der Waals surface area contributed by atoms with Crippen molar-refractivity contribution in [1.82, 2.24) is 25.9 Å². The van der Waals surface area contributed by atoms with Crippen molar-refractivity contribution in [1.29, 1.82) is 0 Å². The summed E-state index contributed by atoms with van der Waals surface area (Å²) in [6.45, 7) is -1.24. The molecule has 0 aliphatic heterocycles. The zero-order valence-corrected chi connectivity index (χ0v) is 12.2. The van der Waals surface area contributed by atoms with Gasteiger partial charge in [-0.15, -0.1) is 0 Å². The number of carboxylic acid groups (broad SMARTS) is 1. The maximum Gasteiger partial charge on any atom is 0.322 e. The first-order chi connectivity index (χ1) is 10.9. The second-order valence-corrected chi connectivity index (χ2v) is 4.49. The number of hydrogen-bond donors (Lipinski definition) is 6. The van der Waals surface area contributed by atoms with Gasteiger partial charge in [-0.25, -0.2) is 4.98 Å². The molecule has 126 valence electrons. The van der Waals surface area contributed by atoms with E-state index in [4.69, 9.17) is 10.8 Å². The number of nitrogens with zero attached hydrogens (tertiary/aromatic N) is 1. The Bertz CT molecular complexity index is 558. The summed E-state index contributed by atoms with van der Waals surface area (Å²) in [6.07, 6.45) is 3.05. The van der Waals surface area contributed by atoms with E-state index in [1.165, 1.54) is 12.5 Å². The molecule has 0 aromatic carbocycles. The molecule has 1 aromatic rings. The quantitative estimate of drug-likeness (QED) is 0.275. The van der Waals surface area contributed by atoms with Gasteiger partial charge in [0, 0.05) is 18.3 Å². The summed E-state index contributed by atoms with van der Waals surface area (Å²) >= 11 is 0. The lowest BCUT2D eigenvalue weighted by atomic mass is 10.1. The van der Waals surface area contributed by atoms with Crippen LogP contribution in [0.25, 0.3) is 0 Å². The molecule has 0 aliphatic rings. The number of aliphatic carboxylic acids is 1. The minimum absolute atomic E-state index is 0.133. The van der Waals surface area contributed by atoms with Crippen LogP contribution >= 0.6 is 0 Å². The van der Waals surface area contributed by atoms with Gasteiger partial charge in [0.05, 0.1) is 19.4 Å². The van der Waals surface area contributed by atoms with Crippen molar-refractivity contribution < 1.29 is 24.3 Å². The fourth-order valence-corrected chi connectivity index (χ4v) is 1.61. The monoisotopic (exact) mass is 326 g/mol. The highest BCUT2D eigenvalue weighted by atomic mass is 16.4. The number of rotatable bonds is 9. The number of nitrogens with one attached hydrogen (secondary N) is 4. The number of aromatic amines is 1. The lowest BCUT2D eigenvalue weighted by Crippen LogP contribution is -2.51. The normalized spacial score (nSPS) is 11.3. The summed E-state index contributed by atoms with van der Waals surface area (Å²) in [5.74, 6) is -2.99. The van der Waals surface area contributed by atoms with Gasteiger partial charge in [-0.2, -0.15) is 0 Å². The standard InChI is InChI=1S/C12H18N6O5/c13-2-9(19)18-8(1-7-3-14-6-17-7)12(23)16-4-10(20)15-5-11(21)22/h3,6,8H,1-2,4-5,13H2,(H,14,17)(H,15,20)(H,16,23)(H,18,19)(H,21,22). The largest absolute Gasteiger partial charge is 0.480 e. The highest BCUT2D eigenvalue weighted by Gasteiger charge is 2.21. The van der Waals surface area contributed by atoms with Gasteiger partial charge in [0.2, 0.25) is 17.7 Å². The molecule has 0 bridgehead atoms. The van der Waals surface area contributed by atoms with Crippen LogP contribution < -0.4 is 21.7 Å². The molecule has 0 fully saturated rings. The van der Waals surface area contributed by atoms with Crippen LogP contribution in [0.15, 0.2) is 12.5 Å². The topological polar surface area (TPSA) is 179 Å². The Morgan fingerprint density at radius 3 is 2.52 bits per heavy atom. The molecule has 1 aromatic heterocycles. The number of imidazole rings is 1. The van der Waals surface area contributed by atoms with E-state index in [1.54, 1.807) is 0 Å². The highest BCUT2D eigenvalue weighted by molar-refractivity contribution is 5.91. The Hall–Kier alpha value is -2.95. The molecule has 11 heteroatoms. The summed E-state index contributed by atoms with van der Waals surface area (Å²) < 4.78 is 0. The summed E-state index contributed by atoms with van der Waals surface area (Å²) in [5, 5.41) is 15.3. The number of carboxylic acids is 1. The minimum atomic E-state index is -1.20.